The minimum Gasteiger partial charge on any atom is -0.469 e. The van der Waals surface area contributed by atoms with E-state index in [1.165, 1.54) is 7.11 Å². The molecule has 1 aliphatic heterocycles. The van der Waals surface area contributed by atoms with Gasteiger partial charge >= 0.3 is 12.3 Å². The Balaban J connectivity index is 2.17. The van der Waals surface area contributed by atoms with Gasteiger partial charge in [-0.1, -0.05) is 0 Å². The van der Waals surface area contributed by atoms with Crippen molar-refractivity contribution in [3.63, 3.8) is 0 Å². The summed E-state index contributed by atoms with van der Waals surface area (Å²) in [5.41, 5.74) is 0. The number of nitrogens with zero attached hydrogens (tertiary/aromatic N) is 1. The molecule has 17 heavy (non-hydrogen) atoms. The molecular weight excluding hydrogens is 239 g/mol. The van der Waals surface area contributed by atoms with Crippen molar-refractivity contribution >= 4 is 5.97 Å². The Bertz CT molecular complexity index is 250. The van der Waals surface area contributed by atoms with Crippen LogP contribution in [-0.4, -0.2) is 50.6 Å². The molecule has 0 amide bonds. The van der Waals surface area contributed by atoms with Gasteiger partial charge in [0.15, 0.2) is 0 Å². The maximum atomic E-state index is 11.7. The van der Waals surface area contributed by atoms with Gasteiger partial charge in [-0.15, -0.1) is 13.2 Å². The van der Waals surface area contributed by atoms with Gasteiger partial charge in [-0.05, 0) is 25.9 Å². The number of hydrogen-bond donors (Lipinski definition) is 0. The van der Waals surface area contributed by atoms with E-state index in [-0.39, 0.29) is 25.0 Å². The largest absolute Gasteiger partial charge is 0.522 e. The lowest BCUT2D eigenvalue weighted by molar-refractivity contribution is -0.325. The Kier molecular flexibility index (Phi) is 5.20. The summed E-state index contributed by atoms with van der Waals surface area (Å²) >= 11 is 0. The van der Waals surface area contributed by atoms with Crippen LogP contribution in [0, 0.1) is 5.92 Å². The van der Waals surface area contributed by atoms with Gasteiger partial charge in [0.2, 0.25) is 0 Å². The molecule has 0 radical (unpaired) electrons. The van der Waals surface area contributed by atoms with E-state index in [2.05, 4.69) is 9.47 Å². The topological polar surface area (TPSA) is 38.8 Å². The molecular formula is C10H16F3NO3. The second kappa shape index (κ2) is 6.20. The van der Waals surface area contributed by atoms with Gasteiger partial charge in [-0.25, -0.2) is 0 Å². The van der Waals surface area contributed by atoms with E-state index in [1.807, 2.05) is 4.90 Å². The van der Waals surface area contributed by atoms with Crippen LogP contribution in [0.5, 0.6) is 0 Å². The number of carbonyl (C=O) groups excluding carboxylic acids is 1. The van der Waals surface area contributed by atoms with Crippen molar-refractivity contribution < 1.29 is 27.4 Å². The first-order chi connectivity index (χ1) is 7.92. The van der Waals surface area contributed by atoms with Gasteiger partial charge in [0, 0.05) is 6.54 Å². The number of hydrogen-bond acceptors (Lipinski definition) is 4. The summed E-state index contributed by atoms with van der Waals surface area (Å²) in [5, 5.41) is 0. The van der Waals surface area contributed by atoms with E-state index in [4.69, 9.17) is 0 Å². The van der Waals surface area contributed by atoms with Crippen LogP contribution in [0.25, 0.3) is 0 Å². The van der Waals surface area contributed by atoms with Gasteiger partial charge in [0.25, 0.3) is 0 Å². The lowest BCUT2D eigenvalue weighted by Gasteiger charge is -2.30. The van der Waals surface area contributed by atoms with Crippen LogP contribution in [0.4, 0.5) is 13.2 Å². The third-order valence-corrected chi connectivity index (χ3v) is 2.80. The molecule has 1 aliphatic rings. The highest BCUT2D eigenvalue weighted by molar-refractivity contribution is 5.72. The fourth-order valence-electron chi connectivity index (χ4n) is 1.85. The van der Waals surface area contributed by atoms with Gasteiger partial charge < -0.3 is 9.64 Å². The zero-order chi connectivity index (χ0) is 12.9. The van der Waals surface area contributed by atoms with Crippen LogP contribution in [0.15, 0.2) is 0 Å². The van der Waals surface area contributed by atoms with Crippen LogP contribution in [0.3, 0.4) is 0 Å². The highest BCUT2D eigenvalue weighted by Gasteiger charge is 2.30. The number of alkyl halides is 3. The third-order valence-electron chi connectivity index (χ3n) is 2.80. The molecule has 1 rings (SSSR count). The van der Waals surface area contributed by atoms with E-state index < -0.39 is 6.36 Å². The molecule has 0 aromatic carbocycles. The summed E-state index contributed by atoms with van der Waals surface area (Å²) in [6.07, 6.45) is -3.32. The normalized spacial score (nSPS) is 19.3. The molecule has 1 fully saturated rings. The molecule has 0 unspecified atom stereocenters. The molecule has 0 atom stereocenters. The van der Waals surface area contributed by atoms with E-state index in [0.29, 0.717) is 25.9 Å². The lowest BCUT2D eigenvalue weighted by atomic mass is 9.97. The number of esters is 1. The second-order valence-electron chi connectivity index (χ2n) is 3.93. The zero-order valence-corrected chi connectivity index (χ0v) is 9.63. The summed E-state index contributed by atoms with van der Waals surface area (Å²) in [6.45, 7) is 1.06. The Labute approximate surface area is 97.7 Å². The third kappa shape index (κ3) is 5.36. The van der Waals surface area contributed by atoms with Crippen molar-refractivity contribution in [2.45, 2.75) is 19.2 Å². The van der Waals surface area contributed by atoms with E-state index in [1.54, 1.807) is 0 Å². The van der Waals surface area contributed by atoms with Crippen LogP contribution in [-0.2, 0) is 14.3 Å². The van der Waals surface area contributed by atoms with Gasteiger partial charge in [-0.2, -0.15) is 0 Å². The molecule has 0 bridgehead atoms. The quantitative estimate of drug-likeness (QED) is 0.712. The summed E-state index contributed by atoms with van der Waals surface area (Å²) in [5.74, 6) is -0.365. The Hall–Kier alpha value is -0.820. The molecule has 0 aromatic rings. The van der Waals surface area contributed by atoms with Crippen LogP contribution in [0.1, 0.15) is 12.8 Å². The maximum absolute atomic E-state index is 11.7. The molecule has 0 aromatic heterocycles. The van der Waals surface area contributed by atoms with Crippen LogP contribution >= 0.6 is 0 Å². The van der Waals surface area contributed by atoms with E-state index in [9.17, 15) is 18.0 Å². The Morgan fingerprint density at radius 2 is 1.94 bits per heavy atom. The van der Waals surface area contributed by atoms with Crippen molar-refractivity contribution in [2.75, 3.05) is 33.4 Å². The molecule has 0 saturated carbocycles. The molecule has 100 valence electrons. The van der Waals surface area contributed by atoms with Gasteiger partial charge in [0.05, 0.1) is 19.6 Å². The predicted molar refractivity (Wildman–Crippen MR) is 53.2 cm³/mol. The molecule has 4 nitrogen and oxygen atoms in total. The summed E-state index contributed by atoms with van der Waals surface area (Å²) in [7, 11) is 1.34. The standard InChI is InChI=1S/C10H16F3NO3/c1-16-9(15)8-2-4-14(5-3-8)6-7-17-10(11,12)13/h8H,2-7H2,1H3. The fourth-order valence-corrected chi connectivity index (χ4v) is 1.85. The number of carbonyl (C=O) groups is 1. The average Bonchev–Trinajstić information content (AvgIpc) is 2.27. The first-order valence-corrected chi connectivity index (χ1v) is 5.43. The van der Waals surface area contributed by atoms with Crippen molar-refractivity contribution in [1.82, 2.24) is 4.90 Å². The van der Waals surface area contributed by atoms with Crippen molar-refractivity contribution in [1.29, 1.82) is 0 Å². The number of likely N-dealkylation sites (tertiary alicyclic amines) is 1. The smallest absolute Gasteiger partial charge is 0.469 e. The first kappa shape index (κ1) is 14.2. The lowest BCUT2D eigenvalue weighted by Crippen LogP contribution is -2.39. The zero-order valence-electron chi connectivity index (χ0n) is 9.63. The average molecular weight is 255 g/mol. The Morgan fingerprint density at radius 1 is 1.35 bits per heavy atom. The van der Waals surface area contributed by atoms with Crippen LogP contribution in [0.2, 0.25) is 0 Å². The van der Waals surface area contributed by atoms with Crippen LogP contribution < -0.4 is 0 Å². The van der Waals surface area contributed by atoms with E-state index in [0.717, 1.165) is 0 Å². The first-order valence-electron chi connectivity index (χ1n) is 5.43. The second-order valence-corrected chi connectivity index (χ2v) is 3.93. The Morgan fingerprint density at radius 3 is 2.41 bits per heavy atom. The molecule has 0 spiro atoms. The van der Waals surface area contributed by atoms with E-state index >= 15 is 0 Å². The highest BCUT2D eigenvalue weighted by Crippen LogP contribution is 2.19. The molecule has 7 heteroatoms. The highest BCUT2D eigenvalue weighted by atomic mass is 19.4. The summed E-state index contributed by atoms with van der Waals surface area (Å²) in [4.78, 5) is 13.1. The summed E-state index contributed by atoms with van der Waals surface area (Å²) < 4.78 is 43.5. The van der Waals surface area contributed by atoms with Gasteiger partial charge in [-0.3, -0.25) is 9.53 Å². The van der Waals surface area contributed by atoms with Gasteiger partial charge in [0.1, 0.15) is 0 Å². The fraction of sp³-hybridized carbons (Fsp3) is 0.900. The van der Waals surface area contributed by atoms with Crippen molar-refractivity contribution in [3.8, 4) is 0 Å². The van der Waals surface area contributed by atoms with Crippen molar-refractivity contribution in [3.05, 3.63) is 0 Å². The molecule has 1 heterocycles. The minimum atomic E-state index is -4.57. The molecule has 1 saturated heterocycles. The minimum absolute atomic E-state index is 0.125. The number of ether oxygens (including phenoxy) is 2. The SMILES string of the molecule is COC(=O)C1CCN(CCOC(F)(F)F)CC1. The predicted octanol–water partition coefficient (Wildman–Crippen LogP) is 1.41. The monoisotopic (exact) mass is 255 g/mol. The molecule has 0 aliphatic carbocycles. The van der Waals surface area contributed by atoms with Crippen molar-refractivity contribution in [2.24, 2.45) is 5.92 Å². The number of methoxy groups -OCH3 is 1. The summed E-state index contributed by atoms with van der Waals surface area (Å²) in [6, 6.07) is 0. The number of piperidine rings is 1. The maximum Gasteiger partial charge on any atom is 0.522 e. The molecule has 0 N–H and O–H groups in total. The number of rotatable bonds is 4. The number of halogens is 3.